The molecule has 0 heterocycles. The first-order valence-corrected chi connectivity index (χ1v) is 4.94. The Hall–Kier alpha value is -1.50. The highest BCUT2D eigenvalue weighted by Gasteiger charge is 2.17. The fraction of sp³-hybridized carbons (Fsp3) is 0.231. The summed E-state index contributed by atoms with van der Waals surface area (Å²) in [7, 11) is 0. The molecule has 0 bridgehead atoms. The van der Waals surface area contributed by atoms with Gasteiger partial charge in [0.2, 0.25) is 0 Å². The van der Waals surface area contributed by atoms with Crippen molar-refractivity contribution in [1.82, 2.24) is 0 Å². The topological polar surface area (TPSA) is 26.0 Å². The predicted octanol–water partition coefficient (Wildman–Crippen LogP) is 2.96. The number of allylic oxidation sites excluding steroid dienone is 3. The van der Waals surface area contributed by atoms with Crippen LogP contribution in [0, 0.1) is 0 Å². The predicted molar refractivity (Wildman–Crippen MR) is 59.8 cm³/mol. The number of hydrogen-bond acceptors (Lipinski definition) is 1. The van der Waals surface area contributed by atoms with Gasteiger partial charge in [-0.2, -0.15) is 0 Å². The van der Waals surface area contributed by atoms with E-state index in [1.54, 1.807) is 0 Å². The largest absolute Gasteiger partial charge is 0.402 e. The molecule has 1 aliphatic rings. The molecule has 2 N–H and O–H groups in total. The van der Waals surface area contributed by atoms with Crippen LogP contribution >= 0.6 is 0 Å². The van der Waals surface area contributed by atoms with Gasteiger partial charge in [0.25, 0.3) is 0 Å². The Morgan fingerprint density at radius 3 is 2.50 bits per heavy atom. The highest BCUT2D eigenvalue weighted by molar-refractivity contribution is 5.31. The molecular formula is C13H15N. The highest BCUT2D eigenvalue weighted by atomic mass is 14.6. The summed E-state index contributed by atoms with van der Waals surface area (Å²) >= 11 is 0. The van der Waals surface area contributed by atoms with Crippen molar-refractivity contribution in [3.8, 4) is 0 Å². The van der Waals surface area contributed by atoms with Crippen molar-refractivity contribution in [2.75, 3.05) is 0 Å². The van der Waals surface area contributed by atoms with Crippen LogP contribution in [0.3, 0.4) is 0 Å². The summed E-state index contributed by atoms with van der Waals surface area (Å²) in [5, 5.41) is 0. The zero-order chi connectivity index (χ0) is 9.97. The summed E-state index contributed by atoms with van der Waals surface area (Å²) in [6.45, 7) is 3.98. The Bertz CT molecular complexity index is 362. The van der Waals surface area contributed by atoms with E-state index in [1.807, 2.05) is 12.1 Å². The second-order valence-corrected chi connectivity index (χ2v) is 3.89. The smallest absolute Gasteiger partial charge is 0.00892 e. The van der Waals surface area contributed by atoms with Gasteiger partial charge in [0.15, 0.2) is 0 Å². The minimum absolute atomic E-state index is 0.522. The average Bonchev–Trinajstić information content (AvgIpc) is 2.18. The fourth-order valence-corrected chi connectivity index (χ4v) is 2.01. The summed E-state index contributed by atoms with van der Waals surface area (Å²) in [4.78, 5) is 0. The minimum Gasteiger partial charge on any atom is -0.402 e. The Labute approximate surface area is 84.9 Å². The summed E-state index contributed by atoms with van der Waals surface area (Å²) in [5.74, 6) is 0.522. The molecular weight excluding hydrogens is 170 g/mol. The molecule has 0 radical (unpaired) electrons. The zero-order valence-corrected chi connectivity index (χ0v) is 8.24. The van der Waals surface area contributed by atoms with Gasteiger partial charge in [-0.3, -0.25) is 0 Å². The maximum absolute atomic E-state index is 5.85. The van der Waals surface area contributed by atoms with Crippen molar-refractivity contribution >= 4 is 0 Å². The summed E-state index contributed by atoms with van der Waals surface area (Å²) in [6, 6.07) is 10.5. The van der Waals surface area contributed by atoms with E-state index in [9.17, 15) is 0 Å². The summed E-state index contributed by atoms with van der Waals surface area (Å²) < 4.78 is 0. The van der Waals surface area contributed by atoms with E-state index in [-0.39, 0.29) is 0 Å². The van der Waals surface area contributed by atoms with Crippen LogP contribution in [-0.4, -0.2) is 0 Å². The molecule has 1 aromatic rings. The molecule has 1 unspecified atom stereocenters. The third-order valence-electron chi connectivity index (χ3n) is 2.65. The monoisotopic (exact) mass is 185 g/mol. The molecule has 1 aromatic carbocycles. The third kappa shape index (κ3) is 1.87. The van der Waals surface area contributed by atoms with Gasteiger partial charge in [0.05, 0.1) is 0 Å². The van der Waals surface area contributed by atoms with Crippen LogP contribution in [0.5, 0.6) is 0 Å². The first-order chi connectivity index (χ1) is 6.75. The molecule has 0 spiro atoms. The molecule has 0 saturated carbocycles. The average molecular weight is 185 g/mol. The van der Waals surface area contributed by atoms with Crippen LogP contribution in [0.2, 0.25) is 0 Å². The van der Waals surface area contributed by atoms with Crippen LogP contribution in [0.1, 0.15) is 24.3 Å². The maximum atomic E-state index is 5.85. The second-order valence-electron chi connectivity index (χ2n) is 3.89. The normalized spacial score (nSPS) is 21.9. The highest BCUT2D eigenvalue weighted by Crippen LogP contribution is 2.32. The number of hydrogen-bond donors (Lipinski definition) is 1. The molecule has 0 saturated heterocycles. The number of benzene rings is 1. The lowest BCUT2D eigenvalue weighted by atomic mass is 9.84. The van der Waals surface area contributed by atoms with Crippen molar-refractivity contribution < 1.29 is 0 Å². The lowest BCUT2D eigenvalue weighted by Gasteiger charge is -2.22. The summed E-state index contributed by atoms with van der Waals surface area (Å²) in [5.41, 5.74) is 9.31. The standard InChI is InChI=1S/C13H15N/c1-10-7-12(9-13(14)8-10)11-5-3-2-4-6-11/h2-6,8,12H,1,7,9,14H2. The lowest BCUT2D eigenvalue weighted by molar-refractivity contribution is 0.653. The number of nitrogens with two attached hydrogens (primary N) is 1. The Kier molecular flexibility index (Phi) is 2.40. The molecule has 2 rings (SSSR count). The Balaban J connectivity index is 2.22. The van der Waals surface area contributed by atoms with Crippen molar-refractivity contribution in [1.29, 1.82) is 0 Å². The van der Waals surface area contributed by atoms with E-state index < -0.39 is 0 Å². The Morgan fingerprint density at radius 1 is 1.14 bits per heavy atom. The lowest BCUT2D eigenvalue weighted by Crippen LogP contribution is -2.11. The molecule has 0 amide bonds. The van der Waals surface area contributed by atoms with E-state index in [0.29, 0.717) is 5.92 Å². The van der Waals surface area contributed by atoms with Gasteiger partial charge in [-0.05, 0) is 30.4 Å². The second kappa shape index (κ2) is 3.70. The molecule has 1 heteroatoms. The van der Waals surface area contributed by atoms with Crippen molar-refractivity contribution in [3.63, 3.8) is 0 Å². The van der Waals surface area contributed by atoms with Crippen LogP contribution < -0.4 is 5.73 Å². The Morgan fingerprint density at radius 2 is 1.86 bits per heavy atom. The van der Waals surface area contributed by atoms with Crippen LogP contribution in [0.4, 0.5) is 0 Å². The quantitative estimate of drug-likeness (QED) is 0.715. The molecule has 14 heavy (non-hydrogen) atoms. The van der Waals surface area contributed by atoms with Crippen LogP contribution in [0.25, 0.3) is 0 Å². The molecule has 1 aliphatic carbocycles. The SMILES string of the molecule is C=C1C=C(N)CC(c2ccccc2)C1. The van der Waals surface area contributed by atoms with E-state index >= 15 is 0 Å². The molecule has 0 aliphatic heterocycles. The van der Waals surface area contributed by atoms with E-state index in [0.717, 1.165) is 24.1 Å². The first kappa shape index (κ1) is 9.07. The van der Waals surface area contributed by atoms with Gasteiger partial charge >= 0.3 is 0 Å². The van der Waals surface area contributed by atoms with Gasteiger partial charge < -0.3 is 5.73 Å². The molecule has 1 atom stereocenters. The van der Waals surface area contributed by atoms with Gasteiger partial charge in [-0.15, -0.1) is 0 Å². The van der Waals surface area contributed by atoms with Gasteiger partial charge in [0.1, 0.15) is 0 Å². The molecule has 1 nitrogen and oxygen atoms in total. The fourth-order valence-electron chi connectivity index (χ4n) is 2.01. The minimum atomic E-state index is 0.522. The third-order valence-corrected chi connectivity index (χ3v) is 2.65. The zero-order valence-electron chi connectivity index (χ0n) is 8.24. The van der Waals surface area contributed by atoms with Gasteiger partial charge in [-0.1, -0.05) is 42.5 Å². The van der Waals surface area contributed by atoms with Crippen molar-refractivity contribution in [2.45, 2.75) is 18.8 Å². The maximum Gasteiger partial charge on any atom is 0.00892 e. The van der Waals surface area contributed by atoms with Crippen LogP contribution in [0.15, 0.2) is 54.3 Å². The van der Waals surface area contributed by atoms with Gasteiger partial charge in [0, 0.05) is 5.70 Å². The molecule has 72 valence electrons. The number of rotatable bonds is 1. The van der Waals surface area contributed by atoms with E-state index in [4.69, 9.17) is 5.73 Å². The van der Waals surface area contributed by atoms with Crippen molar-refractivity contribution in [2.24, 2.45) is 5.73 Å². The first-order valence-electron chi connectivity index (χ1n) is 4.94. The van der Waals surface area contributed by atoms with E-state index in [2.05, 4.69) is 30.8 Å². The van der Waals surface area contributed by atoms with Crippen LogP contribution in [-0.2, 0) is 0 Å². The van der Waals surface area contributed by atoms with E-state index in [1.165, 1.54) is 5.56 Å². The van der Waals surface area contributed by atoms with Crippen molar-refractivity contribution in [3.05, 3.63) is 59.8 Å². The molecule has 0 aromatic heterocycles. The summed E-state index contributed by atoms with van der Waals surface area (Å²) in [6.07, 6.45) is 3.99. The van der Waals surface area contributed by atoms with Gasteiger partial charge in [-0.25, -0.2) is 0 Å². The molecule has 0 fully saturated rings.